The van der Waals surface area contributed by atoms with Crippen LogP contribution in [0.1, 0.15) is 84.4 Å². The summed E-state index contributed by atoms with van der Waals surface area (Å²) in [6.45, 7) is 9.42. The summed E-state index contributed by atoms with van der Waals surface area (Å²) < 4.78 is 1.91. The Morgan fingerprint density at radius 1 is 0.979 bits per heavy atom. The van der Waals surface area contributed by atoms with Gasteiger partial charge in [-0.2, -0.15) is 5.10 Å². The molecule has 1 unspecified atom stereocenters. The maximum atomic E-state index is 14.0. The van der Waals surface area contributed by atoms with Crippen LogP contribution in [0.2, 0.25) is 0 Å². The second-order valence-electron chi connectivity index (χ2n) is 13.4. The highest BCUT2D eigenvalue weighted by Gasteiger charge is 2.44. The van der Waals surface area contributed by atoms with Crippen LogP contribution in [0.5, 0.6) is 0 Å². The smallest absolute Gasteiger partial charge is 0.254 e. The zero-order valence-electron chi connectivity index (χ0n) is 28.2. The van der Waals surface area contributed by atoms with Crippen LogP contribution < -0.4 is 10.6 Å². The van der Waals surface area contributed by atoms with Crippen molar-refractivity contribution in [2.75, 3.05) is 32.7 Å². The summed E-state index contributed by atoms with van der Waals surface area (Å²) in [4.78, 5) is 58.7. The van der Waals surface area contributed by atoms with Crippen LogP contribution >= 0.6 is 0 Å². The molecule has 3 aromatic rings. The van der Waals surface area contributed by atoms with Gasteiger partial charge in [0.25, 0.3) is 5.91 Å². The van der Waals surface area contributed by atoms with E-state index in [-0.39, 0.29) is 36.7 Å². The average Bonchev–Trinajstić information content (AvgIpc) is 3.36. The lowest BCUT2D eigenvalue weighted by Gasteiger charge is -2.39. The van der Waals surface area contributed by atoms with Gasteiger partial charge in [-0.3, -0.25) is 23.9 Å². The van der Waals surface area contributed by atoms with Crippen molar-refractivity contribution in [3.8, 4) is 0 Å². The van der Waals surface area contributed by atoms with E-state index in [0.29, 0.717) is 63.3 Å². The Morgan fingerprint density at radius 3 is 2.55 bits per heavy atom. The van der Waals surface area contributed by atoms with E-state index in [1.165, 1.54) is 0 Å². The van der Waals surface area contributed by atoms with Gasteiger partial charge in [0, 0.05) is 30.9 Å². The number of carbonyl (C=O) groups excluding carboxylic acids is 4. The number of hydrogen-bond acceptors (Lipinski definition) is 5. The Kier molecular flexibility index (Phi) is 10.8. The molecule has 1 aromatic heterocycles. The van der Waals surface area contributed by atoms with E-state index < -0.39 is 5.54 Å². The Hall–Kier alpha value is -4.47. The average molecular weight is 641 g/mol. The van der Waals surface area contributed by atoms with Crippen LogP contribution in [0, 0.1) is 19.8 Å². The van der Waals surface area contributed by atoms with Crippen molar-refractivity contribution in [1.82, 2.24) is 30.2 Å². The fourth-order valence-electron chi connectivity index (χ4n) is 6.70. The van der Waals surface area contributed by atoms with Crippen LogP contribution in [0.25, 0.3) is 0 Å². The van der Waals surface area contributed by atoms with E-state index in [2.05, 4.69) is 29.6 Å². The van der Waals surface area contributed by atoms with E-state index >= 15 is 0 Å². The van der Waals surface area contributed by atoms with Gasteiger partial charge in [0.15, 0.2) is 0 Å². The highest BCUT2D eigenvalue weighted by molar-refractivity contribution is 5.98. The van der Waals surface area contributed by atoms with Crippen molar-refractivity contribution in [2.24, 2.45) is 5.92 Å². The number of hydrogen-bond donors (Lipinski definition) is 2. The van der Waals surface area contributed by atoms with E-state index in [4.69, 9.17) is 0 Å². The van der Waals surface area contributed by atoms with Crippen molar-refractivity contribution in [1.29, 1.82) is 0 Å². The lowest BCUT2D eigenvalue weighted by Crippen LogP contribution is -2.60. The molecule has 1 fully saturated rings. The fourth-order valence-corrected chi connectivity index (χ4v) is 6.70. The van der Waals surface area contributed by atoms with Gasteiger partial charge >= 0.3 is 0 Å². The van der Waals surface area contributed by atoms with Crippen molar-refractivity contribution >= 4 is 23.6 Å². The summed E-state index contributed by atoms with van der Waals surface area (Å²) in [5, 5.41) is 10.7. The molecule has 5 rings (SSSR count). The summed E-state index contributed by atoms with van der Waals surface area (Å²) in [6, 6.07) is 17.3. The topological polar surface area (TPSA) is 117 Å². The molecule has 1 saturated heterocycles. The summed E-state index contributed by atoms with van der Waals surface area (Å²) in [5.41, 5.74) is 4.09. The van der Waals surface area contributed by atoms with Gasteiger partial charge in [0.2, 0.25) is 17.7 Å². The molecule has 2 aliphatic rings. The second kappa shape index (κ2) is 15.0. The SMILES string of the molecule is Cc1cc(C)n(Cc2cccc(C(=O)N3CCCCNC(=O)C4(CCCc5ccccc54)NC(=O)CN(CCC(C)C)C(=O)C3)c2)n1. The van der Waals surface area contributed by atoms with Crippen molar-refractivity contribution < 1.29 is 19.2 Å². The summed E-state index contributed by atoms with van der Waals surface area (Å²) in [5.74, 6) is -0.838. The minimum Gasteiger partial charge on any atom is -0.354 e. The molecule has 1 spiro atoms. The first-order valence-electron chi connectivity index (χ1n) is 16.9. The van der Waals surface area contributed by atoms with Gasteiger partial charge in [0.1, 0.15) is 12.1 Å². The molecule has 0 saturated carbocycles. The number of benzene rings is 2. The maximum Gasteiger partial charge on any atom is 0.254 e. The van der Waals surface area contributed by atoms with Gasteiger partial charge < -0.3 is 20.4 Å². The number of nitrogens with zero attached hydrogens (tertiary/aromatic N) is 4. The molecule has 1 aliphatic carbocycles. The first-order valence-corrected chi connectivity index (χ1v) is 16.9. The third kappa shape index (κ3) is 8.10. The predicted molar refractivity (Wildman–Crippen MR) is 181 cm³/mol. The molecule has 2 aromatic carbocycles. The normalized spacial score (nSPS) is 19.7. The lowest BCUT2D eigenvalue weighted by atomic mass is 9.75. The Balaban J connectivity index is 1.39. The molecule has 10 heteroatoms. The van der Waals surface area contributed by atoms with Crippen LogP contribution in [0.15, 0.2) is 54.6 Å². The van der Waals surface area contributed by atoms with Crippen LogP contribution in [0.3, 0.4) is 0 Å². The fraction of sp³-hybridized carbons (Fsp3) is 0.486. The maximum absolute atomic E-state index is 14.0. The summed E-state index contributed by atoms with van der Waals surface area (Å²) in [6.07, 6.45) is 4.02. The van der Waals surface area contributed by atoms with Gasteiger partial charge in [-0.25, -0.2) is 0 Å². The van der Waals surface area contributed by atoms with E-state index in [1.54, 1.807) is 15.9 Å². The zero-order chi connectivity index (χ0) is 33.6. The lowest BCUT2D eigenvalue weighted by molar-refractivity contribution is -0.139. The molecule has 2 heterocycles. The molecular weight excluding hydrogens is 592 g/mol. The van der Waals surface area contributed by atoms with Crippen LogP contribution in [0.4, 0.5) is 0 Å². The Labute approximate surface area is 277 Å². The van der Waals surface area contributed by atoms with Crippen LogP contribution in [-0.2, 0) is 32.9 Å². The number of aryl methyl sites for hydroxylation is 3. The molecule has 4 amide bonds. The molecule has 1 aliphatic heterocycles. The number of aromatic nitrogens is 2. The Bertz CT molecular complexity index is 1610. The second-order valence-corrected chi connectivity index (χ2v) is 13.4. The monoisotopic (exact) mass is 640 g/mol. The van der Waals surface area contributed by atoms with Gasteiger partial charge in [-0.15, -0.1) is 0 Å². The molecule has 0 bridgehead atoms. The molecule has 10 nitrogen and oxygen atoms in total. The molecule has 47 heavy (non-hydrogen) atoms. The van der Waals surface area contributed by atoms with Gasteiger partial charge in [0.05, 0.1) is 18.8 Å². The molecule has 250 valence electrons. The van der Waals surface area contributed by atoms with E-state index in [1.807, 2.05) is 67.1 Å². The van der Waals surface area contributed by atoms with Crippen molar-refractivity contribution in [2.45, 2.75) is 78.3 Å². The first kappa shape index (κ1) is 33.9. The van der Waals surface area contributed by atoms with Gasteiger partial charge in [-0.1, -0.05) is 50.2 Å². The first-order chi connectivity index (χ1) is 22.6. The third-order valence-corrected chi connectivity index (χ3v) is 9.24. The minimum atomic E-state index is -1.19. The third-order valence-electron chi connectivity index (χ3n) is 9.24. The molecule has 0 radical (unpaired) electrons. The summed E-state index contributed by atoms with van der Waals surface area (Å²) >= 11 is 0. The standard InChI is InChI=1S/C37H48N6O4/c1-26(2)16-20-41-24-33(44)39-37(17-10-14-30-12-5-6-15-32(30)37)36(47)38-18-7-8-19-42(25-34(41)45)35(46)31-13-9-11-29(22-31)23-43-28(4)21-27(3)40-43/h5-6,9,11-13,15,21-22,26H,7-8,10,14,16-20,23-25H2,1-4H3,(H,38,47)(H,39,44). The highest BCUT2D eigenvalue weighted by Crippen LogP contribution is 2.36. The molecule has 1 atom stereocenters. The number of carbonyl (C=O) groups is 4. The number of amides is 4. The van der Waals surface area contributed by atoms with Crippen molar-refractivity contribution in [3.63, 3.8) is 0 Å². The minimum absolute atomic E-state index is 0.133. The zero-order valence-corrected chi connectivity index (χ0v) is 28.2. The van der Waals surface area contributed by atoms with E-state index in [0.717, 1.165) is 40.9 Å². The quantitative estimate of drug-likeness (QED) is 0.421. The predicted octanol–water partition coefficient (Wildman–Crippen LogP) is 4.12. The highest BCUT2D eigenvalue weighted by atomic mass is 16.2. The van der Waals surface area contributed by atoms with E-state index in [9.17, 15) is 19.2 Å². The van der Waals surface area contributed by atoms with Crippen LogP contribution in [-0.4, -0.2) is 75.9 Å². The molecular formula is C37H48N6O4. The summed E-state index contributed by atoms with van der Waals surface area (Å²) in [7, 11) is 0. The largest absolute Gasteiger partial charge is 0.354 e. The van der Waals surface area contributed by atoms with Crippen molar-refractivity contribution in [3.05, 3.63) is 88.2 Å². The molecule has 2 N–H and O–H groups in total. The van der Waals surface area contributed by atoms with Gasteiger partial charge in [-0.05, 0) is 93.2 Å². The number of rotatable bonds is 6. The number of fused-ring (bicyclic) bond motifs is 2. The Morgan fingerprint density at radius 2 is 1.79 bits per heavy atom. The number of nitrogens with one attached hydrogen (secondary N) is 2.